The highest BCUT2D eigenvalue weighted by atomic mass is 127. The van der Waals surface area contributed by atoms with E-state index in [2.05, 4.69) is 38.0 Å². The molecule has 0 unspecified atom stereocenters. The standard InChI is InChI=1S/C19H27N5S.HI/c1-20-19(21-10-13-24-11-6-3-7-12-24)22-14-17-15-25-18(23-17)16-8-4-2-5-9-16;/h2,4-5,8-9,15H,3,6-7,10-14H2,1H3,(H2,20,21,22);1H. The summed E-state index contributed by atoms with van der Waals surface area (Å²) in [5.74, 6) is 0.839. The second-order valence-corrected chi connectivity index (χ2v) is 7.12. The molecule has 0 atom stereocenters. The number of nitrogens with zero attached hydrogens (tertiary/aromatic N) is 3. The zero-order valence-corrected chi connectivity index (χ0v) is 18.4. The lowest BCUT2D eigenvalue weighted by molar-refractivity contribution is 0.232. The van der Waals surface area contributed by atoms with Gasteiger partial charge in [0.1, 0.15) is 5.01 Å². The van der Waals surface area contributed by atoms with Crippen molar-refractivity contribution in [2.24, 2.45) is 4.99 Å². The molecule has 2 N–H and O–H groups in total. The minimum atomic E-state index is 0. The summed E-state index contributed by atoms with van der Waals surface area (Å²) in [6.45, 7) is 5.15. The highest BCUT2D eigenvalue weighted by Gasteiger charge is 2.09. The minimum Gasteiger partial charge on any atom is -0.355 e. The molecule has 26 heavy (non-hydrogen) atoms. The summed E-state index contributed by atoms with van der Waals surface area (Å²) in [6, 6.07) is 10.3. The molecular formula is C19H28IN5S. The molecule has 2 heterocycles. The number of hydrogen-bond acceptors (Lipinski definition) is 4. The fourth-order valence-electron chi connectivity index (χ4n) is 3.01. The Bertz CT molecular complexity index is 668. The summed E-state index contributed by atoms with van der Waals surface area (Å²) >= 11 is 1.68. The van der Waals surface area contributed by atoms with Gasteiger partial charge in [0.2, 0.25) is 0 Å². The van der Waals surface area contributed by atoms with Crippen LogP contribution in [-0.2, 0) is 6.54 Å². The van der Waals surface area contributed by atoms with Gasteiger partial charge in [-0.15, -0.1) is 35.3 Å². The van der Waals surface area contributed by atoms with Crippen molar-refractivity contribution in [1.82, 2.24) is 20.5 Å². The first-order valence-corrected chi connectivity index (χ1v) is 9.90. The van der Waals surface area contributed by atoms with Gasteiger partial charge in [-0.1, -0.05) is 36.8 Å². The molecule has 3 rings (SSSR count). The van der Waals surface area contributed by atoms with Gasteiger partial charge in [0, 0.05) is 31.1 Å². The fraction of sp³-hybridized carbons (Fsp3) is 0.474. The highest BCUT2D eigenvalue weighted by molar-refractivity contribution is 14.0. The maximum atomic E-state index is 4.71. The molecule has 0 radical (unpaired) electrons. The number of halogens is 1. The number of piperidine rings is 1. The lowest BCUT2D eigenvalue weighted by Gasteiger charge is -2.26. The lowest BCUT2D eigenvalue weighted by Crippen LogP contribution is -2.42. The molecule has 0 bridgehead atoms. The van der Waals surface area contributed by atoms with Gasteiger partial charge in [-0.2, -0.15) is 0 Å². The van der Waals surface area contributed by atoms with E-state index >= 15 is 0 Å². The van der Waals surface area contributed by atoms with Crippen molar-refractivity contribution in [3.63, 3.8) is 0 Å². The Kier molecular flexibility index (Phi) is 9.35. The Morgan fingerprint density at radius 2 is 1.92 bits per heavy atom. The van der Waals surface area contributed by atoms with Gasteiger partial charge >= 0.3 is 0 Å². The summed E-state index contributed by atoms with van der Waals surface area (Å²) in [4.78, 5) is 11.5. The zero-order chi connectivity index (χ0) is 17.3. The summed E-state index contributed by atoms with van der Waals surface area (Å²) in [7, 11) is 1.81. The zero-order valence-electron chi connectivity index (χ0n) is 15.3. The fourth-order valence-corrected chi connectivity index (χ4v) is 3.84. The average Bonchev–Trinajstić information content (AvgIpc) is 3.15. The molecule has 1 aliphatic heterocycles. The van der Waals surface area contributed by atoms with Gasteiger partial charge in [0.05, 0.1) is 12.2 Å². The highest BCUT2D eigenvalue weighted by Crippen LogP contribution is 2.23. The average molecular weight is 485 g/mol. The number of nitrogens with one attached hydrogen (secondary N) is 2. The van der Waals surface area contributed by atoms with Crippen LogP contribution in [0.25, 0.3) is 10.6 Å². The van der Waals surface area contributed by atoms with Crippen molar-refractivity contribution in [2.45, 2.75) is 25.8 Å². The number of rotatable bonds is 6. The van der Waals surface area contributed by atoms with Crippen LogP contribution in [0.4, 0.5) is 0 Å². The number of benzene rings is 1. The predicted octanol–water partition coefficient (Wildman–Crippen LogP) is 3.58. The monoisotopic (exact) mass is 485 g/mol. The molecule has 0 spiro atoms. The molecule has 2 aromatic rings. The van der Waals surface area contributed by atoms with Crippen LogP contribution in [-0.4, -0.2) is 49.1 Å². The van der Waals surface area contributed by atoms with Gasteiger partial charge in [-0.3, -0.25) is 4.99 Å². The van der Waals surface area contributed by atoms with Gasteiger partial charge in [-0.25, -0.2) is 4.98 Å². The largest absolute Gasteiger partial charge is 0.355 e. The summed E-state index contributed by atoms with van der Waals surface area (Å²) in [5, 5.41) is 9.92. The Morgan fingerprint density at radius 3 is 2.65 bits per heavy atom. The van der Waals surface area contributed by atoms with Crippen molar-refractivity contribution in [3.05, 3.63) is 41.4 Å². The van der Waals surface area contributed by atoms with E-state index < -0.39 is 0 Å². The van der Waals surface area contributed by atoms with E-state index in [4.69, 9.17) is 4.98 Å². The Morgan fingerprint density at radius 1 is 1.15 bits per heavy atom. The third-order valence-electron chi connectivity index (χ3n) is 4.40. The third kappa shape index (κ3) is 6.51. The predicted molar refractivity (Wildman–Crippen MR) is 121 cm³/mol. The van der Waals surface area contributed by atoms with Crippen LogP contribution >= 0.6 is 35.3 Å². The van der Waals surface area contributed by atoms with Gasteiger partial charge in [-0.05, 0) is 25.9 Å². The van der Waals surface area contributed by atoms with Crippen LogP contribution in [0.1, 0.15) is 25.0 Å². The first kappa shape index (κ1) is 21.1. The molecule has 142 valence electrons. The van der Waals surface area contributed by atoms with Crippen LogP contribution < -0.4 is 10.6 Å². The van der Waals surface area contributed by atoms with Crippen molar-refractivity contribution in [3.8, 4) is 10.6 Å². The van der Waals surface area contributed by atoms with Crippen LogP contribution in [0.15, 0.2) is 40.7 Å². The normalized spacial score (nSPS) is 15.3. The van der Waals surface area contributed by atoms with Crippen LogP contribution in [0.2, 0.25) is 0 Å². The molecule has 1 aromatic carbocycles. The van der Waals surface area contributed by atoms with Crippen molar-refractivity contribution < 1.29 is 0 Å². The topological polar surface area (TPSA) is 52.6 Å². The first-order chi connectivity index (χ1) is 12.3. The summed E-state index contributed by atoms with van der Waals surface area (Å²) in [5.41, 5.74) is 2.21. The SMILES string of the molecule is CN=C(NCCN1CCCCC1)NCc1csc(-c2ccccc2)n1.I. The summed E-state index contributed by atoms with van der Waals surface area (Å²) < 4.78 is 0. The molecule has 0 saturated carbocycles. The Balaban J connectivity index is 0.00000243. The van der Waals surface area contributed by atoms with Crippen molar-refractivity contribution in [1.29, 1.82) is 0 Å². The maximum absolute atomic E-state index is 4.71. The number of hydrogen-bond donors (Lipinski definition) is 2. The smallest absolute Gasteiger partial charge is 0.191 e. The number of aromatic nitrogens is 1. The second kappa shape index (κ2) is 11.5. The van der Waals surface area contributed by atoms with Gasteiger partial charge < -0.3 is 15.5 Å². The van der Waals surface area contributed by atoms with Gasteiger partial charge in [0.15, 0.2) is 5.96 Å². The molecule has 1 saturated heterocycles. The first-order valence-electron chi connectivity index (χ1n) is 9.02. The maximum Gasteiger partial charge on any atom is 0.191 e. The Hall–Kier alpha value is -1.19. The van der Waals surface area contributed by atoms with E-state index in [1.807, 2.05) is 25.2 Å². The Labute approximate surface area is 177 Å². The molecule has 1 fully saturated rings. The van der Waals surface area contributed by atoms with E-state index in [1.165, 1.54) is 37.9 Å². The number of thiazole rings is 1. The lowest BCUT2D eigenvalue weighted by atomic mass is 10.1. The molecule has 0 aliphatic carbocycles. The van der Waals surface area contributed by atoms with Crippen LogP contribution in [0, 0.1) is 0 Å². The van der Waals surface area contributed by atoms with E-state index in [1.54, 1.807) is 11.3 Å². The third-order valence-corrected chi connectivity index (χ3v) is 5.34. The van der Waals surface area contributed by atoms with Crippen LogP contribution in [0.5, 0.6) is 0 Å². The number of guanidine groups is 1. The number of aliphatic imine (C=N–C) groups is 1. The summed E-state index contributed by atoms with van der Waals surface area (Å²) in [6.07, 6.45) is 4.05. The van der Waals surface area contributed by atoms with Gasteiger partial charge in [0.25, 0.3) is 0 Å². The van der Waals surface area contributed by atoms with Crippen LogP contribution in [0.3, 0.4) is 0 Å². The molecule has 1 aromatic heterocycles. The minimum absolute atomic E-state index is 0. The van der Waals surface area contributed by atoms with E-state index in [-0.39, 0.29) is 24.0 Å². The molecule has 1 aliphatic rings. The second-order valence-electron chi connectivity index (χ2n) is 6.26. The molecule has 7 heteroatoms. The van der Waals surface area contributed by atoms with E-state index in [0.717, 1.165) is 29.8 Å². The van der Waals surface area contributed by atoms with E-state index in [0.29, 0.717) is 6.54 Å². The quantitative estimate of drug-likeness (QED) is 0.373. The molecule has 0 amide bonds. The van der Waals surface area contributed by atoms with Crippen molar-refractivity contribution in [2.75, 3.05) is 33.2 Å². The molecule has 5 nitrogen and oxygen atoms in total. The number of likely N-dealkylation sites (tertiary alicyclic amines) is 1. The molecular weight excluding hydrogens is 457 g/mol. The van der Waals surface area contributed by atoms with Crippen molar-refractivity contribution >= 4 is 41.3 Å². The van der Waals surface area contributed by atoms with E-state index in [9.17, 15) is 0 Å².